The molecular weight excluding hydrogens is 547 g/mol. The fourth-order valence-corrected chi connectivity index (χ4v) is 5.68. The first-order valence-corrected chi connectivity index (χ1v) is 14.2. The molecule has 1 fully saturated rings. The molecule has 1 saturated heterocycles. The molecule has 1 aliphatic heterocycles. The summed E-state index contributed by atoms with van der Waals surface area (Å²) in [5, 5.41) is 14.8. The lowest BCUT2D eigenvalue weighted by atomic mass is 9.94. The van der Waals surface area contributed by atoms with E-state index in [1.165, 1.54) is 19.2 Å². The van der Waals surface area contributed by atoms with Crippen LogP contribution in [0.25, 0.3) is 55.8 Å². The van der Waals surface area contributed by atoms with Crippen LogP contribution in [0.1, 0.15) is 19.3 Å². The molecule has 1 aliphatic rings. The molecule has 216 valence electrons. The first-order valence-electron chi connectivity index (χ1n) is 14.2. The first kappa shape index (κ1) is 26.7. The van der Waals surface area contributed by atoms with Crippen LogP contribution in [0.2, 0.25) is 0 Å². The number of halogens is 1. The fourth-order valence-electron chi connectivity index (χ4n) is 5.68. The molecule has 0 saturated carbocycles. The van der Waals surface area contributed by atoms with Crippen molar-refractivity contribution in [1.82, 2.24) is 35.5 Å². The largest absolute Gasteiger partial charge is 0.497 e. The molecule has 6 aromatic rings. The lowest BCUT2D eigenvalue weighted by Gasteiger charge is -2.21. The molecule has 1 aromatic carbocycles. The molecule has 43 heavy (non-hydrogen) atoms. The van der Waals surface area contributed by atoms with Gasteiger partial charge < -0.3 is 20.4 Å². The summed E-state index contributed by atoms with van der Waals surface area (Å²) in [6.07, 6.45) is 7.58. The van der Waals surface area contributed by atoms with E-state index in [0.717, 1.165) is 53.6 Å². The van der Waals surface area contributed by atoms with Crippen molar-refractivity contribution in [3.8, 4) is 39.7 Å². The molecule has 0 atom stereocenters. The summed E-state index contributed by atoms with van der Waals surface area (Å²) < 4.78 is 19.6. The molecule has 6 heterocycles. The molecule has 11 heteroatoms. The van der Waals surface area contributed by atoms with E-state index in [4.69, 9.17) is 9.72 Å². The fraction of sp³-hybridized carbons (Fsp3) is 0.219. The van der Waals surface area contributed by atoms with Crippen LogP contribution in [0, 0.1) is 11.7 Å². The second kappa shape index (κ2) is 11.3. The van der Waals surface area contributed by atoms with E-state index in [-0.39, 0.29) is 5.91 Å². The smallest absolute Gasteiger partial charge is 0.224 e. The van der Waals surface area contributed by atoms with E-state index in [1.54, 1.807) is 24.7 Å². The number of carbonyl (C=O) groups is 1. The minimum atomic E-state index is -0.404. The molecule has 4 N–H and O–H groups in total. The topological polar surface area (TPSA) is 134 Å². The number of ether oxygens (including phenoxy) is 1. The third kappa shape index (κ3) is 5.42. The number of anilines is 1. The van der Waals surface area contributed by atoms with Crippen LogP contribution < -0.4 is 15.4 Å². The number of benzene rings is 1. The monoisotopic (exact) mass is 576 g/mol. The van der Waals surface area contributed by atoms with Gasteiger partial charge in [0.05, 0.1) is 41.6 Å². The molecule has 5 aromatic heterocycles. The normalized spacial score (nSPS) is 13.9. The summed E-state index contributed by atoms with van der Waals surface area (Å²) in [5.41, 5.74) is 6.97. The number of aromatic amines is 2. The van der Waals surface area contributed by atoms with Gasteiger partial charge in [-0.05, 0) is 74.3 Å². The highest BCUT2D eigenvalue weighted by Gasteiger charge is 2.19. The maximum absolute atomic E-state index is 14.3. The molecular formula is C32H29FN8O2. The number of hydrogen-bond acceptors (Lipinski definition) is 7. The van der Waals surface area contributed by atoms with Gasteiger partial charge in [-0.1, -0.05) is 0 Å². The third-order valence-electron chi connectivity index (χ3n) is 7.84. The molecule has 0 spiro atoms. The quantitative estimate of drug-likeness (QED) is 0.191. The van der Waals surface area contributed by atoms with Gasteiger partial charge in [-0.2, -0.15) is 5.10 Å². The maximum atomic E-state index is 14.3. The summed E-state index contributed by atoms with van der Waals surface area (Å²) in [6, 6.07) is 14.0. The van der Waals surface area contributed by atoms with E-state index in [9.17, 15) is 9.18 Å². The van der Waals surface area contributed by atoms with E-state index in [0.29, 0.717) is 51.9 Å². The Balaban J connectivity index is 1.20. The van der Waals surface area contributed by atoms with Crippen molar-refractivity contribution in [2.75, 3.05) is 25.5 Å². The van der Waals surface area contributed by atoms with Gasteiger partial charge in [-0.25, -0.2) is 9.37 Å². The number of carbonyl (C=O) groups excluding carboxylic acids is 1. The van der Waals surface area contributed by atoms with Crippen molar-refractivity contribution in [2.24, 2.45) is 5.92 Å². The summed E-state index contributed by atoms with van der Waals surface area (Å²) in [6.45, 7) is 1.91. The zero-order valence-corrected chi connectivity index (χ0v) is 23.4. The van der Waals surface area contributed by atoms with E-state index >= 15 is 0 Å². The van der Waals surface area contributed by atoms with Gasteiger partial charge in [-0.15, -0.1) is 0 Å². The van der Waals surface area contributed by atoms with Crippen molar-refractivity contribution in [3.63, 3.8) is 0 Å². The number of hydrogen-bond donors (Lipinski definition) is 4. The average Bonchev–Trinajstić information content (AvgIpc) is 3.65. The first-order chi connectivity index (χ1) is 21.0. The number of rotatable bonds is 7. The standard InChI is InChI=1S/C32H29FN8O2/c1-43-23-13-19(11-21(33)14-23)30-24-15-28(38-26(24)6-9-36-30)32-31-27(40-41-32)3-2-25(39-31)20-12-22(17-35-16-20)37-29(42)10-18-4-7-34-8-5-18/h2-3,6,9,11-18,34,38H,4-5,7-8,10H2,1H3,(H,37,42)(H,40,41). The van der Waals surface area contributed by atoms with Crippen LogP contribution >= 0.6 is 0 Å². The number of piperidine rings is 1. The lowest BCUT2D eigenvalue weighted by molar-refractivity contribution is -0.117. The third-order valence-corrected chi connectivity index (χ3v) is 7.84. The number of aromatic nitrogens is 6. The Morgan fingerprint density at radius 2 is 1.91 bits per heavy atom. The predicted octanol–water partition coefficient (Wildman–Crippen LogP) is 5.71. The average molecular weight is 577 g/mol. The molecule has 10 nitrogen and oxygen atoms in total. The molecule has 0 aliphatic carbocycles. The highest BCUT2D eigenvalue weighted by atomic mass is 19.1. The highest BCUT2D eigenvalue weighted by molar-refractivity contribution is 5.99. The molecule has 0 unspecified atom stereocenters. The van der Waals surface area contributed by atoms with Gasteiger partial charge in [-0.3, -0.25) is 19.9 Å². The molecule has 0 radical (unpaired) electrons. The van der Waals surface area contributed by atoms with Crippen LogP contribution in [0.5, 0.6) is 5.75 Å². The number of fused-ring (bicyclic) bond motifs is 2. The Morgan fingerprint density at radius 3 is 2.77 bits per heavy atom. The van der Waals surface area contributed by atoms with E-state index < -0.39 is 5.82 Å². The number of methoxy groups -OCH3 is 1. The second-order valence-corrected chi connectivity index (χ2v) is 10.8. The van der Waals surface area contributed by atoms with Gasteiger partial charge in [0.15, 0.2) is 0 Å². The van der Waals surface area contributed by atoms with Crippen molar-refractivity contribution in [1.29, 1.82) is 0 Å². The van der Waals surface area contributed by atoms with E-state index in [1.807, 2.05) is 30.3 Å². The lowest BCUT2D eigenvalue weighted by Crippen LogP contribution is -2.30. The van der Waals surface area contributed by atoms with Crippen LogP contribution in [-0.4, -0.2) is 56.2 Å². The van der Waals surface area contributed by atoms with Crippen molar-refractivity contribution in [2.45, 2.75) is 19.3 Å². The summed E-state index contributed by atoms with van der Waals surface area (Å²) in [4.78, 5) is 29.9. The molecule has 0 bridgehead atoms. The summed E-state index contributed by atoms with van der Waals surface area (Å²) in [7, 11) is 1.50. The number of nitrogens with one attached hydrogen (secondary N) is 4. The van der Waals surface area contributed by atoms with Gasteiger partial charge in [0, 0.05) is 46.9 Å². The Hall–Kier alpha value is -5.16. The molecule has 1 amide bonds. The maximum Gasteiger partial charge on any atom is 0.224 e. The second-order valence-electron chi connectivity index (χ2n) is 10.8. The van der Waals surface area contributed by atoms with Gasteiger partial charge in [0.1, 0.15) is 22.8 Å². The van der Waals surface area contributed by atoms with Crippen LogP contribution in [0.15, 0.2) is 67.1 Å². The Labute approximate surface area is 246 Å². The number of pyridine rings is 3. The van der Waals surface area contributed by atoms with Crippen molar-refractivity contribution < 1.29 is 13.9 Å². The van der Waals surface area contributed by atoms with E-state index in [2.05, 4.69) is 35.8 Å². The minimum absolute atomic E-state index is 0.00395. The number of amides is 1. The van der Waals surface area contributed by atoms with Gasteiger partial charge in [0.2, 0.25) is 5.91 Å². The van der Waals surface area contributed by atoms with Gasteiger partial charge >= 0.3 is 0 Å². The SMILES string of the molecule is COc1cc(F)cc(-c2nccc3[nH]c(-c4n[nH]c5ccc(-c6cncc(NC(=O)CC7CCNCC7)c6)nc45)cc23)c1. The number of H-pyrrole nitrogens is 2. The Bertz CT molecular complexity index is 1960. The van der Waals surface area contributed by atoms with Crippen LogP contribution in [-0.2, 0) is 4.79 Å². The van der Waals surface area contributed by atoms with Crippen molar-refractivity contribution >= 4 is 33.5 Å². The molecule has 7 rings (SSSR count). The zero-order valence-electron chi connectivity index (χ0n) is 23.4. The minimum Gasteiger partial charge on any atom is -0.497 e. The Morgan fingerprint density at radius 1 is 1.02 bits per heavy atom. The summed E-state index contributed by atoms with van der Waals surface area (Å²) in [5.74, 6) is 0.406. The van der Waals surface area contributed by atoms with Crippen LogP contribution in [0.4, 0.5) is 10.1 Å². The zero-order chi connectivity index (χ0) is 29.3. The van der Waals surface area contributed by atoms with Gasteiger partial charge in [0.25, 0.3) is 0 Å². The summed E-state index contributed by atoms with van der Waals surface area (Å²) >= 11 is 0. The number of nitrogens with zero attached hydrogens (tertiary/aromatic N) is 4. The Kier molecular flexibility index (Phi) is 6.99. The van der Waals surface area contributed by atoms with Crippen molar-refractivity contribution in [3.05, 3.63) is 72.9 Å². The van der Waals surface area contributed by atoms with Crippen LogP contribution in [0.3, 0.4) is 0 Å². The predicted molar refractivity (Wildman–Crippen MR) is 163 cm³/mol. The highest BCUT2D eigenvalue weighted by Crippen LogP contribution is 2.34.